The first-order valence-electron chi connectivity index (χ1n) is 9.43. The van der Waals surface area contributed by atoms with Crippen LogP contribution in [-0.4, -0.2) is 32.7 Å². The smallest absolute Gasteiger partial charge is 0.255 e. The van der Waals surface area contributed by atoms with Crippen LogP contribution in [-0.2, 0) is 11.3 Å². The number of nitrogens with two attached hydrogens (primary N) is 1. The Labute approximate surface area is 170 Å². The van der Waals surface area contributed by atoms with Crippen molar-refractivity contribution < 1.29 is 14.3 Å². The van der Waals surface area contributed by atoms with Crippen molar-refractivity contribution in [2.45, 2.75) is 25.8 Å². The van der Waals surface area contributed by atoms with Gasteiger partial charge in [0.25, 0.3) is 5.91 Å². The van der Waals surface area contributed by atoms with E-state index in [-0.39, 0.29) is 6.61 Å². The summed E-state index contributed by atoms with van der Waals surface area (Å²) in [7, 11) is 1.56. The van der Waals surface area contributed by atoms with Crippen molar-refractivity contribution in [1.29, 1.82) is 0 Å². The molecule has 1 heterocycles. The highest BCUT2D eigenvalue weighted by atomic mass is 35.5. The lowest BCUT2D eigenvalue weighted by molar-refractivity contribution is -0.119. The normalized spacial score (nSPS) is 13.9. The van der Waals surface area contributed by atoms with Crippen LogP contribution in [0.15, 0.2) is 36.4 Å². The second-order valence-corrected chi connectivity index (χ2v) is 7.21. The predicted octanol–water partition coefficient (Wildman–Crippen LogP) is 3.82. The van der Waals surface area contributed by atoms with Crippen LogP contribution in [0.3, 0.4) is 0 Å². The summed E-state index contributed by atoms with van der Waals surface area (Å²) < 4.78 is 10.7. The minimum atomic E-state index is -0.530. The summed E-state index contributed by atoms with van der Waals surface area (Å²) in [5.41, 5.74) is 8.19. The van der Waals surface area contributed by atoms with Crippen LogP contribution < -0.4 is 25.4 Å². The van der Waals surface area contributed by atoms with E-state index in [1.807, 2.05) is 18.2 Å². The van der Waals surface area contributed by atoms with Crippen molar-refractivity contribution in [2.75, 3.05) is 37.0 Å². The van der Waals surface area contributed by atoms with Gasteiger partial charge >= 0.3 is 0 Å². The quantitative estimate of drug-likeness (QED) is 0.700. The third-order valence-corrected chi connectivity index (χ3v) is 5.04. The minimum absolute atomic E-state index is 0.185. The fraction of sp³-hybridized carbons (Fsp3) is 0.381. The molecule has 0 aliphatic carbocycles. The maximum atomic E-state index is 10.9. The first-order valence-corrected chi connectivity index (χ1v) is 9.81. The zero-order valence-corrected chi connectivity index (χ0v) is 16.8. The molecule has 0 saturated carbocycles. The topological polar surface area (TPSA) is 76.8 Å². The Morgan fingerprint density at radius 2 is 1.93 bits per heavy atom. The zero-order valence-electron chi connectivity index (χ0n) is 16.0. The molecule has 0 spiro atoms. The lowest BCUT2D eigenvalue weighted by Crippen LogP contribution is -2.29. The number of piperidine rings is 1. The molecule has 3 N–H and O–H groups in total. The Morgan fingerprint density at radius 3 is 2.61 bits per heavy atom. The van der Waals surface area contributed by atoms with Crippen LogP contribution in [0.25, 0.3) is 0 Å². The number of benzene rings is 2. The first-order chi connectivity index (χ1) is 13.6. The van der Waals surface area contributed by atoms with Gasteiger partial charge in [-0.05, 0) is 55.2 Å². The fourth-order valence-corrected chi connectivity index (χ4v) is 3.60. The van der Waals surface area contributed by atoms with Gasteiger partial charge in [0.2, 0.25) is 0 Å². The highest BCUT2D eigenvalue weighted by Crippen LogP contribution is 2.32. The van der Waals surface area contributed by atoms with E-state index in [2.05, 4.69) is 22.3 Å². The van der Waals surface area contributed by atoms with Gasteiger partial charge in [0, 0.05) is 25.3 Å². The van der Waals surface area contributed by atoms with Gasteiger partial charge in [-0.1, -0.05) is 17.7 Å². The van der Waals surface area contributed by atoms with Crippen molar-refractivity contribution in [3.63, 3.8) is 0 Å². The maximum absolute atomic E-state index is 10.9. The number of anilines is 2. The lowest BCUT2D eigenvalue weighted by Gasteiger charge is -2.29. The molecule has 2 aromatic carbocycles. The Bertz CT molecular complexity index is 823. The standard InChI is InChI=1S/C21H26ClN3O3/c1-27-20-11-15(5-8-19(20)28-14-21(23)26)13-24-16-6-7-18(17(22)12-16)25-9-3-2-4-10-25/h5-8,11-12,24H,2-4,9-10,13-14H2,1H3,(H2,23,26). The Balaban J connectivity index is 1.63. The molecule has 3 rings (SSSR count). The predicted molar refractivity (Wildman–Crippen MR) is 113 cm³/mol. The Morgan fingerprint density at radius 1 is 1.14 bits per heavy atom. The number of methoxy groups -OCH3 is 1. The largest absolute Gasteiger partial charge is 0.493 e. The number of amides is 1. The van der Waals surface area contributed by atoms with Gasteiger partial charge in [-0.25, -0.2) is 0 Å². The fourth-order valence-electron chi connectivity index (χ4n) is 3.30. The number of primary amides is 1. The number of hydrogen-bond donors (Lipinski definition) is 2. The van der Waals surface area contributed by atoms with Gasteiger partial charge in [0.05, 0.1) is 17.8 Å². The Kier molecular flexibility index (Phi) is 6.87. The number of halogens is 1. The van der Waals surface area contributed by atoms with E-state index in [9.17, 15) is 4.79 Å². The molecule has 1 fully saturated rings. The van der Waals surface area contributed by atoms with Crippen molar-refractivity contribution in [2.24, 2.45) is 5.73 Å². The van der Waals surface area contributed by atoms with E-state index in [1.165, 1.54) is 19.3 Å². The summed E-state index contributed by atoms with van der Waals surface area (Å²) in [5.74, 6) is 0.510. The molecular weight excluding hydrogens is 378 g/mol. The molecule has 7 heteroatoms. The number of rotatable bonds is 8. The summed E-state index contributed by atoms with van der Waals surface area (Å²) in [5, 5.41) is 4.14. The van der Waals surface area contributed by atoms with Gasteiger partial charge < -0.3 is 25.4 Å². The highest BCUT2D eigenvalue weighted by Gasteiger charge is 2.14. The summed E-state index contributed by atoms with van der Waals surface area (Å²) in [6.45, 7) is 2.55. The number of hydrogen-bond acceptors (Lipinski definition) is 5. The van der Waals surface area contributed by atoms with Gasteiger partial charge in [0.1, 0.15) is 0 Å². The summed E-state index contributed by atoms with van der Waals surface area (Å²) in [6, 6.07) is 11.6. The third kappa shape index (κ3) is 5.23. The number of nitrogens with one attached hydrogen (secondary N) is 1. The molecule has 1 amide bonds. The molecule has 0 bridgehead atoms. The summed E-state index contributed by atoms with van der Waals surface area (Å²) in [6.07, 6.45) is 3.73. The molecule has 28 heavy (non-hydrogen) atoms. The lowest BCUT2D eigenvalue weighted by atomic mass is 10.1. The molecule has 1 aliphatic heterocycles. The van der Waals surface area contributed by atoms with E-state index in [0.29, 0.717) is 18.0 Å². The molecule has 0 aromatic heterocycles. The second-order valence-electron chi connectivity index (χ2n) is 6.81. The minimum Gasteiger partial charge on any atom is -0.493 e. The molecule has 150 valence electrons. The number of ether oxygens (including phenoxy) is 2. The van der Waals surface area contributed by atoms with E-state index in [1.54, 1.807) is 13.2 Å². The number of nitrogens with zero attached hydrogens (tertiary/aromatic N) is 1. The Hall–Kier alpha value is -2.60. The van der Waals surface area contributed by atoms with E-state index >= 15 is 0 Å². The molecule has 2 aromatic rings. The van der Waals surface area contributed by atoms with Crippen molar-refractivity contribution in [3.8, 4) is 11.5 Å². The molecular formula is C21H26ClN3O3. The van der Waals surface area contributed by atoms with Gasteiger partial charge in [-0.2, -0.15) is 0 Å². The average Bonchev–Trinajstić information content (AvgIpc) is 2.71. The van der Waals surface area contributed by atoms with Crippen molar-refractivity contribution in [3.05, 3.63) is 47.0 Å². The molecule has 1 aliphatic rings. The first kappa shape index (κ1) is 20.1. The van der Waals surface area contributed by atoms with Crippen LogP contribution >= 0.6 is 11.6 Å². The molecule has 6 nitrogen and oxygen atoms in total. The molecule has 0 unspecified atom stereocenters. The van der Waals surface area contributed by atoms with Crippen molar-refractivity contribution >= 4 is 28.9 Å². The maximum Gasteiger partial charge on any atom is 0.255 e. The monoisotopic (exact) mass is 403 g/mol. The second kappa shape index (κ2) is 9.55. The summed E-state index contributed by atoms with van der Waals surface area (Å²) in [4.78, 5) is 13.2. The number of carbonyl (C=O) groups is 1. The third-order valence-electron chi connectivity index (χ3n) is 4.74. The zero-order chi connectivity index (χ0) is 19.9. The van der Waals surface area contributed by atoms with Crippen LogP contribution in [0.4, 0.5) is 11.4 Å². The van der Waals surface area contributed by atoms with Gasteiger partial charge in [0.15, 0.2) is 18.1 Å². The van der Waals surface area contributed by atoms with Crippen LogP contribution in [0.5, 0.6) is 11.5 Å². The number of carbonyl (C=O) groups excluding carboxylic acids is 1. The van der Waals surface area contributed by atoms with E-state index in [0.717, 1.165) is 35.1 Å². The van der Waals surface area contributed by atoms with Crippen LogP contribution in [0.2, 0.25) is 5.02 Å². The van der Waals surface area contributed by atoms with Crippen LogP contribution in [0.1, 0.15) is 24.8 Å². The van der Waals surface area contributed by atoms with Gasteiger partial charge in [-0.15, -0.1) is 0 Å². The van der Waals surface area contributed by atoms with Crippen LogP contribution in [0, 0.1) is 0 Å². The molecule has 0 radical (unpaired) electrons. The van der Waals surface area contributed by atoms with Gasteiger partial charge in [-0.3, -0.25) is 4.79 Å². The average molecular weight is 404 g/mol. The van der Waals surface area contributed by atoms with E-state index < -0.39 is 5.91 Å². The van der Waals surface area contributed by atoms with E-state index in [4.69, 9.17) is 26.8 Å². The summed E-state index contributed by atoms with van der Waals surface area (Å²) >= 11 is 6.52. The molecule has 0 atom stereocenters. The molecule has 1 saturated heterocycles. The highest BCUT2D eigenvalue weighted by molar-refractivity contribution is 6.33. The SMILES string of the molecule is COc1cc(CNc2ccc(N3CCCCC3)c(Cl)c2)ccc1OCC(N)=O. The van der Waals surface area contributed by atoms with Crippen molar-refractivity contribution in [1.82, 2.24) is 0 Å².